The van der Waals surface area contributed by atoms with Crippen LogP contribution in [0.15, 0.2) is 65.7 Å². The summed E-state index contributed by atoms with van der Waals surface area (Å²) in [4.78, 5) is 32.7. The fraction of sp³-hybridized carbons (Fsp3) is 0.130. The molecule has 0 radical (unpaired) electrons. The first-order chi connectivity index (χ1) is 17.1. The molecule has 0 saturated heterocycles. The second kappa shape index (κ2) is 8.09. The summed E-state index contributed by atoms with van der Waals surface area (Å²) in [5, 5.41) is 22.1. The summed E-state index contributed by atoms with van der Waals surface area (Å²) >= 11 is 0. The van der Waals surface area contributed by atoms with Gasteiger partial charge in [0.2, 0.25) is 5.95 Å². The maximum absolute atomic E-state index is 13.2. The number of nitro benzene ring substituents is 1. The van der Waals surface area contributed by atoms with Crippen LogP contribution in [0.4, 0.5) is 11.6 Å². The van der Waals surface area contributed by atoms with Crippen molar-refractivity contribution in [2.45, 2.75) is 6.10 Å². The Morgan fingerprint density at radius 2 is 2.00 bits per heavy atom. The van der Waals surface area contributed by atoms with Crippen molar-refractivity contribution >= 4 is 33.6 Å². The van der Waals surface area contributed by atoms with Gasteiger partial charge in [0.15, 0.2) is 17.1 Å². The van der Waals surface area contributed by atoms with Crippen molar-refractivity contribution in [2.75, 3.05) is 18.5 Å². The number of nitrogens with zero attached hydrogens (tertiary/aromatic N) is 5. The summed E-state index contributed by atoms with van der Waals surface area (Å²) in [6.45, 7) is 0.502. The van der Waals surface area contributed by atoms with Gasteiger partial charge in [0.05, 0.1) is 45.7 Å². The average Bonchev–Trinajstić information content (AvgIpc) is 3.38. The molecule has 35 heavy (non-hydrogen) atoms. The summed E-state index contributed by atoms with van der Waals surface area (Å²) in [7, 11) is 0. The molecule has 5 aromatic rings. The number of benzene rings is 2. The molecule has 2 aromatic carbocycles. The van der Waals surface area contributed by atoms with E-state index in [2.05, 4.69) is 25.5 Å². The molecule has 0 bridgehead atoms. The Morgan fingerprint density at radius 3 is 2.83 bits per heavy atom. The van der Waals surface area contributed by atoms with E-state index >= 15 is 0 Å². The van der Waals surface area contributed by atoms with Gasteiger partial charge in [-0.1, -0.05) is 18.2 Å². The van der Waals surface area contributed by atoms with E-state index in [0.717, 1.165) is 0 Å². The van der Waals surface area contributed by atoms with Crippen LogP contribution < -0.4 is 20.3 Å². The van der Waals surface area contributed by atoms with Crippen molar-refractivity contribution in [2.24, 2.45) is 0 Å². The van der Waals surface area contributed by atoms with Crippen LogP contribution in [0.3, 0.4) is 0 Å². The molecule has 0 saturated carbocycles. The number of fused-ring (bicyclic) bond motifs is 4. The SMILES string of the molecule is O=c1c2cn[nH]c2c2cnc(NC[C@H]3COc4cc([N+](=O)[O-])ccc4O3)nc2n1-c1ccccc1. The molecular weight excluding hydrogens is 454 g/mol. The Morgan fingerprint density at radius 1 is 1.14 bits per heavy atom. The van der Waals surface area contributed by atoms with Crippen molar-refractivity contribution in [3.63, 3.8) is 0 Å². The Bertz CT molecular complexity index is 1650. The van der Waals surface area contributed by atoms with E-state index in [4.69, 9.17) is 9.47 Å². The fourth-order valence-electron chi connectivity index (χ4n) is 4.01. The lowest BCUT2D eigenvalue weighted by atomic mass is 10.2. The number of ether oxygens (including phenoxy) is 2. The van der Waals surface area contributed by atoms with E-state index in [1.807, 2.05) is 30.3 Å². The second-order valence-electron chi connectivity index (χ2n) is 7.89. The smallest absolute Gasteiger partial charge is 0.273 e. The number of non-ortho nitro benzene ring substituents is 1. The van der Waals surface area contributed by atoms with Gasteiger partial charge >= 0.3 is 0 Å². The highest BCUT2D eigenvalue weighted by Gasteiger charge is 2.24. The topological polar surface area (TPSA) is 150 Å². The Kier molecular flexibility index (Phi) is 4.76. The van der Waals surface area contributed by atoms with Gasteiger partial charge in [-0.3, -0.25) is 24.6 Å². The van der Waals surface area contributed by atoms with Crippen LogP contribution in [0.1, 0.15) is 0 Å². The molecule has 0 amide bonds. The minimum atomic E-state index is -0.486. The lowest BCUT2D eigenvalue weighted by Gasteiger charge is -2.26. The minimum absolute atomic E-state index is 0.0654. The summed E-state index contributed by atoms with van der Waals surface area (Å²) in [5.41, 5.74) is 1.36. The predicted octanol–water partition coefficient (Wildman–Crippen LogP) is 2.82. The number of rotatable bonds is 5. The van der Waals surface area contributed by atoms with Gasteiger partial charge < -0.3 is 14.8 Å². The van der Waals surface area contributed by atoms with Crippen LogP contribution in [-0.2, 0) is 0 Å². The Labute approximate surface area is 196 Å². The third-order valence-corrected chi connectivity index (χ3v) is 5.68. The Hall–Kier alpha value is -5.00. The van der Waals surface area contributed by atoms with E-state index in [0.29, 0.717) is 51.6 Å². The number of para-hydroxylation sites is 1. The minimum Gasteiger partial charge on any atom is -0.485 e. The van der Waals surface area contributed by atoms with Gasteiger partial charge in [0.1, 0.15) is 12.7 Å². The number of anilines is 1. The number of nitro groups is 1. The van der Waals surface area contributed by atoms with Crippen LogP contribution in [0.25, 0.3) is 27.6 Å². The standard InChI is InChI=1S/C23H17N7O5/c31-22-17-11-26-28-20(17)16-10-25-23(27-21(16)29(22)13-4-2-1-3-5-13)24-9-15-12-34-19-8-14(30(32)33)6-7-18(19)35-15/h1-8,10-11,15H,9,12H2,(H,26,28)(H,24,25,27)/t15-/m0/s1. The molecule has 2 N–H and O–H groups in total. The highest BCUT2D eigenvalue weighted by Crippen LogP contribution is 2.35. The molecule has 4 heterocycles. The van der Waals surface area contributed by atoms with Crippen molar-refractivity contribution in [1.29, 1.82) is 0 Å². The molecule has 1 atom stereocenters. The quantitative estimate of drug-likeness (QED) is 0.291. The maximum atomic E-state index is 13.2. The van der Waals surface area contributed by atoms with Crippen molar-refractivity contribution in [3.8, 4) is 17.2 Å². The molecule has 174 valence electrons. The van der Waals surface area contributed by atoms with Gasteiger partial charge in [0, 0.05) is 12.3 Å². The van der Waals surface area contributed by atoms with Crippen molar-refractivity contribution < 1.29 is 14.4 Å². The van der Waals surface area contributed by atoms with Crippen LogP contribution in [0.5, 0.6) is 11.5 Å². The Balaban J connectivity index is 1.31. The van der Waals surface area contributed by atoms with Crippen LogP contribution in [-0.4, -0.2) is 48.9 Å². The largest absolute Gasteiger partial charge is 0.485 e. The van der Waals surface area contributed by atoms with E-state index < -0.39 is 4.92 Å². The lowest BCUT2D eigenvalue weighted by molar-refractivity contribution is -0.385. The number of H-pyrrole nitrogens is 1. The number of pyridine rings is 1. The normalized spacial score (nSPS) is 14.8. The predicted molar refractivity (Wildman–Crippen MR) is 126 cm³/mol. The zero-order valence-corrected chi connectivity index (χ0v) is 18.0. The molecule has 12 heteroatoms. The van der Waals surface area contributed by atoms with Crippen LogP contribution in [0.2, 0.25) is 0 Å². The van der Waals surface area contributed by atoms with E-state index in [-0.39, 0.29) is 24.0 Å². The number of aromatic amines is 1. The first-order valence-corrected chi connectivity index (χ1v) is 10.7. The molecule has 1 aliphatic heterocycles. The highest BCUT2D eigenvalue weighted by atomic mass is 16.6. The van der Waals surface area contributed by atoms with Gasteiger partial charge in [-0.15, -0.1) is 0 Å². The molecule has 0 unspecified atom stereocenters. The highest BCUT2D eigenvalue weighted by molar-refractivity contribution is 6.02. The molecule has 0 aliphatic carbocycles. The number of nitrogens with one attached hydrogen (secondary N) is 2. The summed E-state index contributed by atoms with van der Waals surface area (Å²) < 4.78 is 13.1. The monoisotopic (exact) mass is 471 g/mol. The number of aromatic nitrogens is 5. The zero-order chi connectivity index (χ0) is 23.9. The molecule has 0 spiro atoms. The molecule has 12 nitrogen and oxygen atoms in total. The molecule has 1 aliphatic rings. The zero-order valence-electron chi connectivity index (χ0n) is 18.0. The van der Waals surface area contributed by atoms with Crippen molar-refractivity contribution in [1.82, 2.24) is 24.7 Å². The third-order valence-electron chi connectivity index (χ3n) is 5.68. The molecule has 0 fully saturated rings. The van der Waals surface area contributed by atoms with E-state index in [1.54, 1.807) is 6.20 Å². The summed E-state index contributed by atoms with van der Waals surface area (Å²) in [5.74, 6) is 1.05. The van der Waals surface area contributed by atoms with Crippen LogP contribution >= 0.6 is 0 Å². The summed E-state index contributed by atoms with van der Waals surface area (Å²) in [6, 6.07) is 13.4. The second-order valence-corrected chi connectivity index (χ2v) is 7.89. The first kappa shape index (κ1) is 20.6. The van der Waals surface area contributed by atoms with Crippen LogP contribution in [0, 0.1) is 10.1 Å². The lowest BCUT2D eigenvalue weighted by Crippen LogP contribution is -2.35. The summed E-state index contributed by atoms with van der Waals surface area (Å²) in [6.07, 6.45) is 2.75. The van der Waals surface area contributed by atoms with Crippen molar-refractivity contribution in [3.05, 3.63) is 81.4 Å². The fourth-order valence-corrected chi connectivity index (χ4v) is 4.01. The van der Waals surface area contributed by atoms with Gasteiger partial charge in [-0.05, 0) is 18.2 Å². The number of hydrogen-bond acceptors (Lipinski definition) is 9. The van der Waals surface area contributed by atoms with E-state index in [9.17, 15) is 14.9 Å². The number of hydrogen-bond donors (Lipinski definition) is 2. The molecule has 6 rings (SSSR count). The maximum Gasteiger partial charge on any atom is 0.273 e. The average molecular weight is 471 g/mol. The van der Waals surface area contributed by atoms with Gasteiger partial charge in [-0.2, -0.15) is 10.1 Å². The molecular formula is C23H17N7O5. The third kappa shape index (κ3) is 3.57. The van der Waals surface area contributed by atoms with Gasteiger partial charge in [0.25, 0.3) is 11.2 Å². The molecule has 3 aromatic heterocycles. The van der Waals surface area contributed by atoms with Gasteiger partial charge in [-0.25, -0.2) is 4.98 Å². The first-order valence-electron chi connectivity index (χ1n) is 10.7. The van der Waals surface area contributed by atoms with E-state index in [1.165, 1.54) is 29.0 Å².